The Kier molecular flexibility index (Phi) is 5.85. The Hall–Kier alpha value is -1.66. The number of nitrogens with one attached hydrogen (secondary N) is 1. The van der Waals surface area contributed by atoms with Gasteiger partial charge in [-0.15, -0.1) is 0 Å². The first-order valence-corrected chi connectivity index (χ1v) is 12.4. The average molecular weight is 417 g/mol. The van der Waals surface area contributed by atoms with Gasteiger partial charge in [-0.3, -0.25) is 4.79 Å². The second kappa shape index (κ2) is 8.23. The Morgan fingerprint density at radius 3 is 2.34 bits per heavy atom. The van der Waals surface area contributed by atoms with E-state index in [4.69, 9.17) is 0 Å². The Balaban J connectivity index is 1.52. The van der Waals surface area contributed by atoms with Gasteiger partial charge >= 0.3 is 0 Å². The second-order valence-corrected chi connectivity index (χ2v) is 10.8. The van der Waals surface area contributed by atoms with Crippen molar-refractivity contribution in [2.24, 2.45) is 0 Å². The van der Waals surface area contributed by atoms with E-state index in [9.17, 15) is 13.2 Å². The number of nitrogens with zero attached hydrogens (tertiary/aromatic N) is 1. The number of sulfonamides is 1. The predicted molar refractivity (Wildman–Crippen MR) is 114 cm³/mol. The number of hydrogen-bond donors (Lipinski definition) is 1. The van der Waals surface area contributed by atoms with Gasteiger partial charge in [0, 0.05) is 18.1 Å². The van der Waals surface area contributed by atoms with Crippen LogP contribution in [0.5, 0.6) is 0 Å². The highest BCUT2D eigenvalue weighted by Crippen LogP contribution is 2.47. The molecule has 1 saturated heterocycles. The summed E-state index contributed by atoms with van der Waals surface area (Å²) in [5.41, 5.74) is 0.922. The fraction of sp³-hybridized carbons (Fsp3) is 0.609. The van der Waals surface area contributed by atoms with Crippen LogP contribution < -0.4 is 5.32 Å². The maximum atomic E-state index is 13.5. The van der Waals surface area contributed by atoms with Crippen LogP contribution in [0.25, 0.3) is 0 Å². The molecule has 2 saturated carbocycles. The third-order valence-corrected chi connectivity index (χ3v) is 9.21. The van der Waals surface area contributed by atoms with Gasteiger partial charge < -0.3 is 5.32 Å². The molecular weight excluding hydrogens is 384 g/mol. The molecule has 1 heterocycles. The van der Waals surface area contributed by atoms with Crippen molar-refractivity contribution in [3.8, 4) is 0 Å². The first kappa shape index (κ1) is 20.6. The number of benzene rings is 1. The molecule has 5 nitrogen and oxygen atoms in total. The Morgan fingerprint density at radius 2 is 1.76 bits per heavy atom. The van der Waals surface area contributed by atoms with E-state index >= 15 is 0 Å². The zero-order chi connectivity index (χ0) is 20.5. The molecule has 1 aromatic carbocycles. The molecule has 1 aromatic rings. The van der Waals surface area contributed by atoms with Gasteiger partial charge in [-0.25, -0.2) is 8.42 Å². The van der Waals surface area contributed by atoms with Gasteiger partial charge in [0.15, 0.2) is 0 Å². The summed E-state index contributed by atoms with van der Waals surface area (Å²) in [7, 11) is -3.53. The van der Waals surface area contributed by atoms with Crippen molar-refractivity contribution in [3.05, 3.63) is 42.5 Å². The average Bonchev–Trinajstić information content (AvgIpc) is 2.73. The summed E-state index contributed by atoms with van der Waals surface area (Å²) in [5, 5.41) is 2.97. The molecule has 3 aliphatic rings. The minimum atomic E-state index is -3.53. The fourth-order valence-electron chi connectivity index (χ4n) is 5.44. The van der Waals surface area contributed by atoms with Gasteiger partial charge in [0.2, 0.25) is 15.9 Å². The zero-order valence-electron chi connectivity index (χ0n) is 17.1. The number of carbonyl (C=O) groups is 1. The highest BCUT2D eigenvalue weighted by molar-refractivity contribution is 7.89. The van der Waals surface area contributed by atoms with E-state index in [0.29, 0.717) is 30.2 Å². The van der Waals surface area contributed by atoms with Crippen molar-refractivity contribution >= 4 is 15.9 Å². The summed E-state index contributed by atoms with van der Waals surface area (Å²) in [6.07, 6.45) is 11.6. The molecular formula is C23H32N2O3S. The lowest BCUT2D eigenvalue weighted by Crippen LogP contribution is -2.63. The zero-order valence-corrected chi connectivity index (χ0v) is 17.9. The van der Waals surface area contributed by atoms with Gasteiger partial charge in [-0.05, 0) is 74.6 Å². The molecule has 2 aliphatic carbocycles. The lowest BCUT2D eigenvalue weighted by Gasteiger charge is -2.54. The van der Waals surface area contributed by atoms with E-state index in [0.717, 1.165) is 19.3 Å². The van der Waals surface area contributed by atoms with Gasteiger partial charge in [0.1, 0.15) is 0 Å². The number of piperidine rings is 1. The summed E-state index contributed by atoms with van der Waals surface area (Å²) >= 11 is 0. The summed E-state index contributed by atoms with van der Waals surface area (Å²) in [5.74, 6) is 0.391. The van der Waals surface area contributed by atoms with Crippen molar-refractivity contribution in [1.29, 1.82) is 0 Å². The van der Waals surface area contributed by atoms with Crippen LogP contribution >= 0.6 is 0 Å². The lowest BCUT2D eigenvalue weighted by molar-refractivity contribution is -0.117. The van der Waals surface area contributed by atoms with Crippen LogP contribution in [0.2, 0.25) is 0 Å². The molecule has 1 aliphatic heterocycles. The predicted octanol–water partition coefficient (Wildman–Crippen LogP) is 4.11. The van der Waals surface area contributed by atoms with E-state index in [1.807, 2.05) is 12.1 Å². The van der Waals surface area contributed by atoms with Crippen LogP contribution in [0.1, 0.15) is 75.7 Å². The summed E-state index contributed by atoms with van der Waals surface area (Å²) < 4.78 is 28.7. The van der Waals surface area contributed by atoms with Crippen molar-refractivity contribution < 1.29 is 13.2 Å². The van der Waals surface area contributed by atoms with Crippen molar-refractivity contribution in [3.63, 3.8) is 0 Å². The van der Waals surface area contributed by atoms with Crippen molar-refractivity contribution in [2.75, 3.05) is 6.54 Å². The Labute approximate surface area is 174 Å². The smallest absolute Gasteiger partial charge is 0.243 e. The molecule has 0 bridgehead atoms. The highest BCUT2D eigenvalue weighted by atomic mass is 32.2. The maximum Gasteiger partial charge on any atom is 0.243 e. The first-order valence-electron chi connectivity index (χ1n) is 11.0. The number of hydrogen-bond acceptors (Lipinski definition) is 3. The van der Waals surface area contributed by atoms with Crippen LogP contribution in [-0.2, 0) is 14.8 Å². The van der Waals surface area contributed by atoms with E-state index in [1.54, 1.807) is 16.4 Å². The summed E-state index contributed by atoms with van der Waals surface area (Å²) in [6.45, 7) is 3.97. The van der Waals surface area contributed by atoms with E-state index in [1.165, 1.54) is 43.7 Å². The number of amides is 1. The highest BCUT2D eigenvalue weighted by Gasteiger charge is 2.51. The molecule has 1 spiro atoms. The molecule has 4 rings (SSSR count). The second-order valence-electron chi connectivity index (χ2n) is 8.96. The molecule has 29 heavy (non-hydrogen) atoms. The molecule has 0 aromatic heterocycles. The molecule has 158 valence electrons. The van der Waals surface area contributed by atoms with Gasteiger partial charge in [-0.1, -0.05) is 38.0 Å². The van der Waals surface area contributed by atoms with E-state index in [-0.39, 0.29) is 17.5 Å². The maximum absolute atomic E-state index is 13.5. The van der Waals surface area contributed by atoms with Gasteiger partial charge in [0.25, 0.3) is 0 Å². The van der Waals surface area contributed by atoms with Crippen molar-refractivity contribution in [2.45, 2.75) is 86.6 Å². The molecule has 3 fully saturated rings. The molecule has 1 unspecified atom stereocenters. The molecule has 1 amide bonds. The SMILES string of the molecule is C=CC(=O)NC1CCN(S(=O)(=O)c2ccc(C3CCCCC3)cc2)C2(CCC2)C1. The van der Waals surface area contributed by atoms with Crippen LogP contribution in [-0.4, -0.2) is 36.8 Å². The van der Waals surface area contributed by atoms with E-state index < -0.39 is 10.0 Å². The Morgan fingerprint density at radius 1 is 1.07 bits per heavy atom. The Bertz CT molecular complexity index is 853. The molecule has 1 N–H and O–H groups in total. The minimum absolute atomic E-state index is 0.0147. The third-order valence-electron chi connectivity index (χ3n) is 7.20. The summed E-state index contributed by atoms with van der Waals surface area (Å²) in [6, 6.07) is 7.66. The third kappa shape index (κ3) is 4.02. The van der Waals surface area contributed by atoms with Crippen LogP contribution in [0.3, 0.4) is 0 Å². The lowest BCUT2D eigenvalue weighted by atomic mass is 9.70. The first-order chi connectivity index (χ1) is 13.9. The minimum Gasteiger partial charge on any atom is -0.350 e. The number of carbonyl (C=O) groups excluding carboxylic acids is 1. The standard InChI is InChI=1S/C23H32N2O3S/c1-2-22(26)24-20-13-16-25(23(17-20)14-6-15-23)29(27,28)21-11-9-19(10-12-21)18-7-4-3-5-8-18/h2,9-12,18,20H,1,3-8,13-17H2,(H,24,26). The molecule has 1 atom stereocenters. The summed E-state index contributed by atoms with van der Waals surface area (Å²) in [4.78, 5) is 12.1. The topological polar surface area (TPSA) is 66.5 Å². The molecule has 0 radical (unpaired) electrons. The van der Waals surface area contributed by atoms with Crippen molar-refractivity contribution in [1.82, 2.24) is 9.62 Å². The fourth-order valence-corrected chi connectivity index (χ4v) is 7.29. The van der Waals surface area contributed by atoms with Crippen LogP contribution in [0, 0.1) is 0 Å². The number of rotatable bonds is 5. The largest absolute Gasteiger partial charge is 0.350 e. The van der Waals surface area contributed by atoms with E-state index in [2.05, 4.69) is 11.9 Å². The molecule has 6 heteroatoms. The van der Waals surface area contributed by atoms with Crippen LogP contribution in [0.15, 0.2) is 41.8 Å². The van der Waals surface area contributed by atoms with Crippen LogP contribution in [0.4, 0.5) is 0 Å². The van der Waals surface area contributed by atoms with Gasteiger partial charge in [-0.2, -0.15) is 4.31 Å². The van der Waals surface area contributed by atoms with Gasteiger partial charge in [0.05, 0.1) is 4.90 Å². The monoisotopic (exact) mass is 416 g/mol. The normalized spacial score (nSPS) is 25.3. The quantitative estimate of drug-likeness (QED) is 0.735.